The van der Waals surface area contributed by atoms with Crippen LogP contribution in [0, 0.1) is 0 Å². The van der Waals surface area contributed by atoms with Crippen molar-refractivity contribution < 1.29 is 0 Å². The number of aromatic nitrogens is 1. The number of anilines is 5. The number of hydrogen-bond donors (Lipinski definition) is 1. The van der Waals surface area contributed by atoms with Crippen LogP contribution in [-0.4, -0.2) is 11.0 Å². The fourth-order valence-corrected chi connectivity index (χ4v) is 10.0. The second kappa shape index (κ2) is 15.4. The van der Waals surface area contributed by atoms with Crippen molar-refractivity contribution >= 4 is 50.1 Å². The summed E-state index contributed by atoms with van der Waals surface area (Å²) in [7, 11) is 0. The van der Waals surface area contributed by atoms with Crippen molar-refractivity contribution in [2.75, 3.05) is 9.80 Å². The Kier molecular flexibility index (Phi) is 8.97. The molecule has 2 aliphatic rings. The summed E-state index contributed by atoms with van der Waals surface area (Å²) < 4.78 is 0. The van der Waals surface area contributed by atoms with Gasteiger partial charge in [-0.1, -0.05) is 182 Å². The molecule has 9 aromatic carbocycles. The van der Waals surface area contributed by atoms with Crippen molar-refractivity contribution in [2.45, 2.75) is 12.0 Å². The molecule has 0 amide bonds. The summed E-state index contributed by atoms with van der Waals surface area (Å²) in [5.74, 6) is 0.245. The maximum atomic E-state index is 3.90. The summed E-state index contributed by atoms with van der Waals surface area (Å²) in [5, 5.41) is 3.64. The minimum atomic E-state index is 0.221. The van der Waals surface area contributed by atoms with Gasteiger partial charge in [-0.25, -0.2) is 0 Å². The second-order valence-electron chi connectivity index (χ2n) is 16.5. The molecule has 0 radical (unpaired) electrons. The highest BCUT2D eigenvalue weighted by Crippen LogP contribution is 2.50. The SMILES string of the molecule is C1=CC2c3cc(N(c4ccc(-c5ccccc5)cc4)c4ccc(-c5cc6c(-c7ccccc7)c(-c7ccccc7)[nH]c6c6ccccc56)cc4)ccc3N(c3ccccc3)C2C=C1. The molecule has 12 rings (SSSR count). The fourth-order valence-electron chi connectivity index (χ4n) is 10.0. The lowest BCUT2D eigenvalue weighted by atomic mass is 9.91. The van der Waals surface area contributed by atoms with Crippen LogP contribution in [0.5, 0.6) is 0 Å². The number of para-hydroxylation sites is 1. The van der Waals surface area contributed by atoms with Gasteiger partial charge in [0.15, 0.2) is 0 Å². The molecule has 3 heteroatoms. The Morgan fingerprint density at radius 2 is 0.952 bits per heavy atom. The van der Waals surface area contributed by atoms with Gasteiger partial charge in [-0.05, 0) is 105 Å². The molecule has 0 spiro atoms. The monoisotopic (exact) mass is 805 g/mol. The smallest absolute Gasteiger partial charge is 0.0629 e. The Morgan fingerprint density at radius 1 is 0.413 bits per heavy atom. The molecule has 1 N–H and O–H groups in total. The van der Waals surface area contributed by atoms with Gasteiger partial charge < -0.3 is 14.8 Å². The summed E-state index contributed by atoms with van der Waals surface area (Å²) in [6.45, 7) is 0. The van der Waals surface area contributed by atoms with Crippen LogP contribution in [0.25, 0.3) is 66.3 Å². The molecule has 1 aromatic heterocycles. The predicted molar refractivity (Wildman–Crippen MR) is 266 cm³/mol. The Hall–Kier alpha value is -8.14. The maximum absolute atomic E-state index is 3.90. The lowest BCUT2D eigenvalue weighted by molar-refractivity contribution is 0.745. The third-order valence-electron chi connectivity index (χ3n) is 12.9. The van der Waals surface area contributed by atoms with Gasteiger partial charge in [0.2, 0.25) is 0 Å². The summed E-state index contributed by atoms with van der Waals surface area (Å²) in [6, 6.07) is 79.6. The molecular weight excluding hydrogens is 763 g/mol. The fraction of sp³-hybridized carbons (Fsp3) is 0.0333. The number of nitrogens with one attached hydrogen (secondary N) is 1. The molecule has 1 aliphatic carbocycles. The zero-order chi connectivity index (χ0) is 41.7. The first kappa shape index (κ1) is 36.7. The van der Waals surface area contributed by atoms with Crippen LogP contribution in [0.15, 0.2) is 243 Å². The van der Waals surface area contributed by atoms with E-state index in [-0.39, 0.29) is 12.0 Å². The van der Waals surface area contributed by atoms with E-state index in [1.807, 2.05) is 0 Å². The van der Waals surface area contributed by atoms with E-state index in [1.165, 1.54) is 72.0 Å². The second-order valence-corrected chi connectivity index (χ2v) is 16.5. The Balaban J connectivity index is 1.00. The number of H-pyrrole nitrogens is 1. The topological polar surface area (TPSA) is 22.3 Å². The van der Waals surface area contributed by atoms with Crippen molar-refractivity contribution in [1.82, 2.24) is 4.98 Å². The van der Waals surface area contributed by atoms with E-state index < -0.39 is 0 Å². The van der Waals surface area contributed by atoms with Gasteiger partial charge >= 0.3 is 0 Å². The first-order valence-electron chi connectivity index (χ1n) is 21.8. The number of hydrogen-bond acceptors (Lipinski definition) is 2. The molecule has 63 heavy (non-hydrogen) atoms. The van der Waals surface area contributed by atoms with Gasteiger partial charge in [0.1, 0.15) is 0 Å². The lowest BCUT2D eigenvalue weighted by Crippen LogP contribution is -2.28. The third-order valence-corrected chi connectivity index (χ3v) is 12.9. The lowest BCUT2D eigenvalue weighted by Gasteiger charge is -2.28. The van der Waals surface area contributed by atoms with Crippen molar-refractivity contribution in [2.24, 2.45) is 0 Å². The summed E-state index contributed by atoms with van der Waals surface area (Å²) in [6.07, 6.45) is 9.09. The van der Waals surface area contributed by atoms with Crippen molar-refractivity contribution in [3.05, 3.63) is 248 Å². The van der Waals surface area contributed by atoms with Crippen molar-refractivity contribution in [3.63, 3.8) is 0 Å². The van der Waals surface area contributed by atoms with Crippen LogP contribution in [0.4, 0.5) is 28.4 Å². The minimum Gasteiger partial charge on any atom is -0.353 e. The van der Waals surface area contributed by atoms with Gasteiger partial charge in [-0.15, -0.1) is 0 Å². The van der Waals surface area contributed by atoms with Crippen LogP contribution >= 0.6 is 0 Å². The summed E-state index contributed by atoms with van der Waals surface area (Å²) in [4.78, 5) is 8.81. The number of benzene rings is 9. The first-order chi connectivity index (χ1) is 31.3. The molecule has 2 atom stereocenters. The van der Waals surface area contributed by atoms with Crippen LogP contribution in [0.1, 0.15) is 11.5 Å². The molecular formula is C60H43N3. The van der Waals surface area contributed by atoms with Gasteiger partial charge in [-0.3, -0.25) is 0 Å². The van der Waals surface area contributed by atoms with Crippen molar-refractivity contribution in [3.8, 4) is 44.6 Å². The Morgan fingerprint density at radius 3 is 1.63 bits per heavy atom. The average Bonchev–Trinajstić information content (AvgIpc) is 3.92. The zero-order valence-corrected chi connectivity index (χ0v) is 34.6. The third kappa shape index (κ3) is 6.36. The maximum Gasteiger partial charge on any atom is 0.0629 e. The first-order valence-corrected chi connectivity index (χ1v) is 21.8. The van der Waals surface area contributed by atoms with Gasteiger partial charge in [0.05, 0.1) is 17.3 Å². The highest BCUT2D eigenvalue weighted by Gasteiger charge is 2.38. The number of fused-ring (bicyclic) bond motifs is 6. The van der Waals surface area contributed by atoms with E-state index in [0.717, 1.165) is 28.3 Å². The molecule has 10 aromatic rings. The predicted octanol–water partition coefficient (Wildman–Crippen LogP) is 16.2. The molecule has 2 unspecified atom stereocenters. The van der Waals surface area contributed by atoms with Crippen LogP contribution in [0.2, 0.25) is 0 Å². The zero-order valence-electron chi connectivity index (χ0n) is 34.6. The number of aromatic amines is 1. The largest absolute Gasteiger partial charge is 0.353 e. The van der Waals surface area contributed by atoms with E-state index in [0.29, 0.717) is 0 Å². The van der Waals surface area contributed by atoms with Crippen LogP contribution in [-0.2, 0) is 0 Å². The van der Waals surface area contributed by atoms with E-state index in [2.05, 4.69) is 257 Å². The molecule has 0 saturated heterocycles. The molecule has 2 heterocycles. The van der Waals surface area contributed by atoms with E-state index in [9.17, 15) is 0 Å². The van der Waals surface area contributed by atoms with Gasteiger partial charge in [-0.2, -0.15) is 0 Å². The quantitative estimate of drug-likeness (QED) is 0.165. The van der Waals surface area contributed by atoms with E-state index in [4.69, 9.17) is 0 Å². The number of nitrogens with zero attached hydrogens (tertiary/aromatic N) is 2. The molecule has 0 bridgehead atoms. The van der Waals surface area contributed by atoms with Crippen LogP contribution < -0.4 is 9.80 Å². The van der Waals surface area contributed by atoms with Gasteiger partial charge in [0.25, 0.3) is 0 Å². The average molecular weight is 806 g/mol. The molecule has 1 aliphatic heterocycles. The number of rotatable bonds is 8. The molecule has 0 fully saturated rings. The molecule has 298 valence electrons. The minimum absolute atomic E-state index is 0.221. The highest BCUT2D eigenvalue weighted by molar-refractivity contribution is 6.18. The van der Waals surface area contributed by atoms with Crippen molar-refractivity contribution in [1.29, 1.82) is 0 Å². The standard InChI is InChI=1S/C60H43N3/c1-5-17-41(18-6-1)42-29-33-47(34-30-42)62(49-37-38-57-54(39-49)51-26-15-16-28-56(51)63(57)46-23-11-4-12-24-46)48-35-31-43(32-36-48)53-40-55-58(44-19-7-2-8-20-44)59(45-21-9-3-10-22-45)61-60(55)52-27-14-13-25-50(52)53/h1-40,51,56,61H. The van der Waals surface area contributed by atoms with E-state index in [1.54, 1.807) is 0 Å². The molecule has 3 nitrogen and oxygen atoms in total. The highest BCUT2D eigenvalue weighted by atomic mass is 15.2. The van der Waals surface area contributed by atoms with E-state index >= 15 is 0 Å². The molecule has 0 saturated carbocycles. The van der Waals surface area contributed by atoms with Crippen LogP contribution in [0.3, 0.4) is 0 Å². The normalized spacial score (nSPS) is 15.1. The summed E-state index contributed by atoms with van der Waals surface area (Å²) >= 11 is 0. The summed E-state index contributed by atoms with van der Waals surface area (Å²) in [5.41, 5.74) is 17.8. The Labute approximate surface area is 368 Å². The number of allylic oxidation sites excluding steroid dienone is 2. The Bertz CT molecular complexity index is 3310. The van der Waals surface area contributed by atoms with Gasteiger partial charge in [0, 0.05) is 50.7 Å².